The van der Waals surface area contributed by atoms with E-state index in [1.807, 2.05) is 22.7 Å². The summed E-state index contributed by atoms with van der Waals surface area (Å²) >= 11 is 3.58. The second-order valence-corrected chi connectivity index (χ2v) is 8.84. The molecule has 1 aromatic rings. The van der Waals surface area contributed by atoms with Crippen LogP contribution in [-0.2, 0) is 4.79 Å². The van der Waals surface area contributed by atoms with E-state index in [9.17, 15) is 4.79 Å². The van der Waals surface area contributed by atoms with Crippen LogP contribution in [-0.4, -0.2) is 47.8 Å². The fourth-order valence-corrected chi connectivity index (χ4v) is 5.23. The van der Waals surface area contributed by atoms with E-state index >= 15 is 0 Å². The predicted octanol–water partition coefficient (Wildman–Crippen LogP) is 4.34. The highest BCUT2D eigenvalue weighted by Gasteiger charge is 2.33. The summed E-state index contributed by atoms with van der Waals surface area (Å²) in [4.78, 5) is 14.3. The van der Waals surface area contributed by atoms with E-state index in [1.165, 1.54) is 12.8 Å². The van der Waals surface area contributed by atoms with Crippen LogP contribution >= 0.6 is 23.5 Å². The molecule has 25 heavy (non-hydrogen) atoms. The third-order valence-electron chi connectivity index (χ3n) is 4.72. The van der Waals surface area contributed by atoms with E-state index in [-0.39, 0.29) is 11.3 Å². The maximum absolute atomic E-state index is 12.3. The predicted molar refractivity (Wildman–Crippen MR) is 106 cm³/mol. The standard InChI is InChI=1S/C19H27NO3S2/c1-3-24-11-10-20-18(21)13-25-19(20)14-8-9-16(22-2)17(12-14)23-15-6-4-5-7-15/h8-9,12,15,19H,3-7,10-11,13H2,1-2H3. The molecule has 6 heteroatoms. The van der Waals surface area contributed by atoms with Gasteiger partial charge >= 0.3 is 0 Å². The van der Waals surface area contributed by atoms with Crippen molar-refractivity contribution in [3.05, 3.63) is 23.8 Å². The molecule has 1 saturated carbocycles. The molecular formula is C19H27NO3S2. The summed E-state index contributed by atoms with van der Waals surface area (Å²) in [6, 6.07) is 6.12. The van der Waals surface area contributed by atoms with Crippen LogP contribution in [0.25, 0.3) is 0 Å². The zero-order valence-corrected chi connectivity index (χ0v) is 16.7. The smallest absolute Gasteiger partial charge is 0.233 e. The van der Waals surface area contributed by atoms with E-state index in [1.54, 1.807) is 18.9 Å². The molecule has 0 radical (unpaired) electrons. The Bertz CT molecular complexity index is 590. The van der Waals surface area contributed by atoms with Crippen LogP contribution in [0.2, 0.25) is 0 Å². The maximum Gasteiger partial charge on any atom is 0.233 e. The number of amides is 1. The molecule has 0 spiro atoms. The summed E-state index contributed by atoms with van der Waals surface area (Å²) in [5, 5.41) is 0.0850. The normalized spacial score (nSPS) is 21.1. The van der Waals surface area contributed by atoms with Gasteiger partial charge in [-0.1, -0.05) is 13.0 Å². The zero-order valence-electron chi connectivity index (χ0n) is 15.0. The molecule has 0 bridgehead atoms. The minimum Gasteiger partial charge on any atom is -0.493 e. The summed E-state index contributed by atoms with van der Waals surface area (Å²) in [7, 11) is 1.68. The Morgan fingerprint density at radius 1 is 1.28 bits per heavy atom. The van der Waals surface area contributed by atoms with Gasteiger partial charge in [0.2, 0.25) is 5.91 Å². The third kappa shape index (κ3) is 4.59. The van der Waals surface area contributed by atoms with Crippen molar-refractivity contribution in [2.24, 2.45) is 0 Å². The number of methoxy groups -OCH3 is 1. The van der Waals surface area contributed by atoms with Crippen molar-refractivity contribution < 1.29 is 14.3 Å². The van der Waals surface area contributed by atoms with Gasteiger partial charge < -0.3 is 14.4 Å². The molecule has 2 fully saturated rings. The van der Waals surface area contributed by atoms with E-state index in [0.29, 0.717) is 11.9 Å². The Morgan fingerprint density at radius 3 is 2.80 bits per heavy atom. The molecule has 2 aliphatic rings. The van der Waals surface area contributed by atoms with E-state index in [0.717, 1.165) is 48.0 Å². The van der Waals surface area contributed by atoms with Crippen LogP contribution in [0.5, 0.6) is 11.5 Å². The number of carbonyl (C=O) groups is 1. The summed E-state index contributed by atoms with van der Waals surface area (Å²) in [6.07, 6.45) is 5.00. The molecule has 1 aliphatic heterocycles. The van der Waals surface area contributed by atoms with Crippen molar-refractivity contribution in [1.82, 2.24) is 4.90 Å². The SMILES string of the molecule is CCSCCN1C(=O)CSC1c1ccc(OC)c(OC2CCCC2)c1. The van der Waals surface area contributed by atoms with Gasteiger partial charge in [0.25, 0.3) is 0 Å². The van der Waals surface area contributed by atoms with Gasteiger partial charge in [0.05, 0.1) is 19.0 Å². The van der Waals surface area contributed by atoms with Crippen LogP contribution in [0, 0.1) is 0 Å². The van der Waals surface area contributed by atoms with Crippen molar-refractivity contribution in [2.75, 3.05) is 30.9 Å². The number of ether oxygens (including phenoxy) is 2. The highest BCUT2D eigenvalue weighted by atomic mass is 32.2. The van der Waals surface area contributed by atoms with Crippen LogP contribution < -0.4 is 9.47 Å². The number of nitrogens with zero attached hydrogens (tertiary/aromatic N) is 1. The largest absolute Gasteiger partial charge is 0.493 e. The topological polar surface area (TPSA) is 38.8 Å². The van der Waals surface area contributed by atoms with Gasteiger partial charge in [-0.2, -0.15) is 11.8 Å². The molecule has 138 valence electrons. The summed E-state index contributed by atoms with van der Waals surface area (Å²) in [6.45, 7) is 2.96. The number of carbonyl (C=O) groups excluding carboxylic acids is 1. The molecule has 3 rings (SSSR count). The molecule has 1 unspecified atom stereocenters. The molecule has 4 nitrogen and oxygen atoms in total. The highest BCUT2D eigenvalue weighted by molar-refractivity contribution is 8.00. The van der Waals surface area contributed by atoms with Gasteiger partial charge in [0.15, 0.2) is 11.5 Å². The lowest BCUT2D eigenvalue weighted by atomic mass is 10.1. The lowest BCUT2D eigenvalue weighted by molar-refractivity contribution is -0.127. The molecule has 1 atom stereocenters. The monoisotopic (exact) mass is 381 g/mol. The van der Waals surface area contributed by atoms with Gasteiger partial charge in [0, 0.05) is 12.3 Å². The maximum atomic E-state index is 12.3. The summed E-state index contributed by atoms with van der Waals surface area (Å²) < 4.78 is 11.7. The van der Waals surface area contributed by atoms with Crippen LogP contribution in [0.4, 0.5) is 0 Å². The van der Waals surface area contributed by atoms with Crippen molar-refractivity contribution >= 4 is 29.4 Å². The number of hydrogen-bond acceptors (Lipinski definition) is 5. The van der Waals surface area contributed by atoms with Crippen molar-refractivity contribution in [2.45, 2.75) is 44.1 Å². The average Bonchev–Trinajstić information content (AvgIpc) is 3.25. The highest BCUT2D eigenvalue weighted by Crippen LogP contribution is 2.42. The molecule has 0 N–H and O–H groups in total. The molecule has 1 amide bonds. The first-order chi connectivity index (χ1) is 12.2. The second kappa shape index (κ2) is 9.08. The molecule has 0 aromatic heterocycles. The van der Waals surface area contributed by atoms with Gasteiger partial charge in [-0.05, 0) is 49.1 Å². The quantitative estimate of drug-likeness (QED) is 0.626. The zero-order chi connectivity index (χ0) is 17.6. The second-order valence-electron chi connectivity index (χ2n) is 6.38. The number of benzene rings is 1. The minimum atomic E-state index is 0.0850. The molecule has 1 aliphatic carbocycles. The Morgan fingerprint density at radius 2 is 2.08 bits per heavy atom. The lowest BCUT2D eigenvalue weighted by Gasteiger charge is -2.25. The van der Waals surface area contributed by atoms with Crippen molar-refractivity contribution in [3.8, 4) is 11.5 Å². The summed E-state index contributed by atoms with van der Waals surface area (Å²) in [5.41, 5.74) is 1.13. The number of thioether (sulfide) groups is 2. The Hall–Kier alpha value is -1.01. The lowest BCUT2D eigenvalue weighted by Crippen LogP contribution is -2.30. The summed E-state index contributed by atoms with van der Waals surface area (Å²) in [5.74, 6) is 4.46. The molecule has 1 aromatic carbocycles. The fraction of sp³-hybridized carbons (Fsp3) is 0.632. The Kier molecular flexibility index (Phi) is 6.82. The van der Waals surface area contributed by atoms with Crippen LogP contribution in [0.3, 0.4) is 0 Å². The first kappa shape index (κ1) is 18.8. The van der Waals surface area contributed by atoms with Gasteiger partial charge in [-0.25, -0.2) is 0 Å². The van der Waals surface area contributed by atoms with Crippen molar-refractivity contribution in [1.29, 1.82) is 0 Å². The van der Waals surface area contributed by atoms with E-state index < -0.39 is 0 Å². The Balaban J connectivity index is 1.76. The van der Waals surface area contributed by atoms with Crippen LogP contribution in [0.15, 0.2) is 18.2 Å². The van der Waals surface area contributed by atoms with Gasteiger partial charge in [-0.15, -0.1) is 11.8 Å². The Labute approximate surface area is 159 Å². The van der Waals surface area contributed by atoms with E-state index in [4.69, 9.17) is 9.47 Å². The number of rotatable bonds is 8. The molecule has 1 saturated heterocycles. The van der Waals surface area contributed by atoms with E-state index in [2.05, 4.69) is 19.1 Å². The average molecular weight is 382 g/mol. The number of hydrogen-bond donors (Lipinski definition) is 0. The molecular weight excluding hydrogens is 354 g/mol. The molecule has 1 heterocycles. The van der Waals surface area contributed by atoms with Gasteiger partial charge in [0.1, 0.15) is 5.37 Å². The fourth-order valence-electron chi connectivity index (χ4n) is 3.40. The minimum absolute atomic E-state index is 0.0850. The first-order valence-electron chi connectivity index (χ1n) is 9.06. The van der Waals surface area contributed by atoms with Crippen LogP contribution in [0.1, 0.15) is 43.5 Å². The van der Waals surface area contributed by atoms with Gasteiger partial charge in [-0.3, -0.25) is 4.79 Å². The van der Waals surface area contributed by atoms with Crippen molar-refractivity contribution in [3.63, 3.8) is 0 Å². The third-order valence-corrected chi connectivity index (χ3v) is 6.85. The first-order valence-corrected chi connectivity index (χ1v) is 11.3.